The molecule has 1 atom stereocenters. The number of methoxy groups -OCH3 is 1. The molecule has 0 aliphatic rings. The number of nitrogens with one attached hydrogen (secondary N) is 2. The van der Waals surface area contributed by atoms with E-state index < -0.39 is 0 Å². The Balaban J connectivity index is 0.00000364. The highest BCUT2D eigenvalue weighted by Crippen LogP contribution is 2.27. The predicted octanol–water partition coefficient (Wildman–Crippen LogP) is 3.59. The van der Waals surface area contributed by atoms with E-state index in [0.717, 1.165) is 30.4 Å². The summed E-state index contributed by atoms with van der Waals surface area (Å²) in [7, 11) is 7.64. The fourth-order valence-corrected chi connectivity index (χ4v) is 2.82. The molecule has 0 saturated carbocycles. The summed E-state index contributed by atoms with van der Waals surface area (Å²) in [6.07, 6.45) is 0. The number of para-hydroxylation sites is 1. The van der Waals surface area contributed by atoms with E-state index in [0.29, 0.717) is 0 Å². The molecule has 2 aromatic rings. The van der Waals surface area contributed by atoms with Crippen molar-refractivity contribution in [2.75, 3.05) is 34.8 Å². The molecule has 0 amide bonds. The van der Waals surface area contributed by atoms with E-state index in [1.165, 1.54) is 11.1 Å². The molecule has 0 aliphatic heterocycles. The minimum atomic E-state index is 0. The molecule has 2 aromatic carbocycles. The fourth-order valence-electron chi connectivity index (χ4n) is 2.82. The lowest BCUT2D eigenvalue weighted by Crippen LogP contribution is -2.41. The quantitative estimate of drug-likeness (QED) is 0.360. The topological polar surface area (TPSA) is 48.9 Å². The van der Waals surface area contributed by atoms with Crippen LogP contribution in [0.25, 0.3) is 0 Å². The largest absolute Gasteiger partial charge is 0.496 e. The standard InChI is InChI=1S/C21H30N4O.HI/c1-16-10-12-17(13-11-16)14-23-21(22-2)24-15-19(25(3)4)18-8-6-7-9-20(18)26-5;/h6-13,19H,14-15H2,1-5H3,(H2,22,23,24);1H. The van der Waals surface area contributed by atoms with Crippen LogP contribution in [-0.2, 0) is 6.54 Å². The van der Waals surface area contributed by atoms with Gasteiger partial charge in [0.05, 0.1) is 13.2 Å². The first-order valence-corrected chi connectivity index (χ1v) is 8.84. The molecule has 0 bridgehead atoms. The average Bonchev–Trinajstić information content (AvgIpc) is 2.65. The Bertz CT molecular complexity index is 716. The lowest BCUT2D eigenvalue weighted by molar-refractivity contribution is 0.287. The summed E-state index contributed by atoms with van der Waals surface area (Å²) in [5.74, 6) is 1.68. The van der Waals surface area contributed by atoms with Crippen molar-refractivity contribution in [2.24, 2.45) is 4.99 Å². The molecule has 148 valence electrons. The Morgan fingerprint density at radius 3 is 2.33 bits per heavy atom. The summed E-state index contributed by atoms with van der Waals surface area (Å²) in [6.45, 7) is 3.55. The van der Waals surface area contributed by atoms with E-state index >= 15 is 0 Å². The van der Waals surface area contributed by atoms with Gasteiger partial charge in [0, 0.05) is 25.7 Å². The van der Waals surface area contributed by atoms with E-state index in [4.69, 9.17) is 4.74 Å². The summed E-state index contributed by atoms with van der Waals surface area (Å²) in [4.78, 5) is 6.51. The first-order chi connectivity index (χ1) is 12.5. The number of nitrogens with zero attached hydrogens (tertiary/aromatic N) is 2. The second-order valence-corrected chi connectivity index (χ2v) is 6.51. The van der Waals surface area contributed by atoms with E-state index in [-0.39, 0.29) is 30.0 Å². The summed E-state index contributed by atoms with van der Waals surface area (Å²) >= 11 is 0. The van der Waals surface area contributed by atoms with Crippen LogP contribution in [0.1, 0.15) is 22.7 Å². The molecule has 6 heteroatoms. The number of benzene rings is 2. The van der Waals surface area contributed by atoms with Crippen molar-refractivity contribution in [1.82, 2.24) is 15.5 Å². The van der Waals surface area contributed by atoms with Gasteiger partial charge >= 0.3 is 0 Å². The molecule has 1 unspecified atom stereocenters. The second-order valence-electron chi connectivity index (χ2n) is 6.51. The molecule has 27 heavy (non-hydrogen) atoms. The number of aryl methyl sites for hydroxylation is 1. The zero-order valence-electron chi connectivity index (χ0n) is 16.8. The van der Waals surface area contributed by atoms with Gasteiger partial charge in [0.25, 0.3) is 0 Å². The number of hydrogen-bond donors (Lipinski definition) is 2. The number of likely N-dealkylation sites (N-methyl/N-ethyl adjacent to an activating group) is 1. The van der Waals surface area contributed by atoms with Crippen LogP contribution < -0.4 is 15.4 Å². The molecule has 0 saturated heterocycles. The van der Waals surface area contributed by atoms with E-state index in [1.807, 2.05) is 18.2 Å². The predicted molar refractivity (Wildman–Crippen MR) is 124 cm³/mol. The maximum absolute atomic E-state index is 5.52. The molecule has 0 aromatic heterocycles. The summed E-state index contributed by atoms with van der Waals surface area (Å²) < 4.78 is 5.52. The number of halogens is 1. The maximum atomic E-state index is 5.52. The summed E-state index contributed by atoms with van der Waals surface area (Å²) in [5.41, 5.74) is 3.65. The van der Waals surface area contributed by atoms with Crippen LogP contribution in [0.5, 0.6) is 5.75 Å². The molecule has 2 rings (SSSR count). The number of guanidine groups is 1. The van der Waals surface area contributed by atoms with Crippen molar-refractivity contribution < 1.29 is 4.74 Å². The Morgan fingerprint density at radius 1 is 1.07 bits per heavy atom. The van der Waals surface area contributed by atoms with Crippen LogP contribution in [0.15, 0.2) is 53.5 Å². The monoisotopic (exact) mass is 482 g/mol. The van der Waals surface area contributed by atoms with Crippen molar-refractivity contribution in [1.29, 1.82) is 0 Å². The molecule has 0 spiro atoms. The number of ether oxygens (including phenoxy) is 1. The lowest BCUT2D eigenvalue weighted by atomic mass is 10.0. The van der Waals surface area contributed by atoms with Gasteiger partial charge in [-0.15, -0.1) is 24.0 Å². The highest BCUT2D eigenvalue weighted by molar-refractivity contribution is 14.0. The third kappa shape index (κ3) is 7.03. The Labute approximate surface area is 180 Å². The molecule has 0 aliphatic carbocycles. The Hall–Kier alpha value is -1.80. The summed E-state index contributed by atoms with van der Waals surface area (Å²) in [6, 6.07) is 16.8. The van der Waals surface area contributed by atoms with E-state index in [2.05, 4.69) is 71.9 Å². The van der Waals surface area contributed by atoms with Crippen molar-refractivity contribution in [2.45, 2.75) is 19.5 Å². The second kappa shape index (κ2) is 11.8. The van der Waals surface area contributed by atoms with Crippen LogP contribution >= 0.6 is 24.0 Å². The van der Waals surface area contributed by atoms with Crippen LogP contribution in [0.2, 0.25) is 0 Å². The molecular formula is C21H31IN4O. The van der Waals surface area contributed by atoms with Crippen molar-refractivity contribution in [3.05, 3.63) is 65.2 Å². The Kier molecular flexibility index (Phi) is 10.2. The van der Waals surface area contributed by atoms with Crippen LogP contribution in [0.4, 0.5) is 0 Å². The zero-order chi connectivity index (χ0) is 18.9. The number of hydrogen-bond acceptors (Lipinski definition) is 3. The number of aliphatic imine (C=N–C) groups is 1. The van der Waals surface area contributed by atoms with Gasteiger partial charge in [0.15, 0.2) is 5.96 Å². The maximum Gasteiger partial charge on any atom is 0.191 e. The molecule has 0 heterocycles. The number of rotatable bonds is 7. The first kappa shape index (κ1) is 23.2. The molecule has 0 radical (unpaired) electrons. The normalized spacial score (nSPS) is 12.3. The smallest absolute Gasteiger partial charge is 0.191 e. The van der Waals surface area contributed by atoms with Gasteiger partial charge in [0.1, 0.15) is 5.75 Å². The van der Waals surface area contributed by atoms with Gasteiger partial charge in [-0.1, -0.05) is 48.0 Å². The van der Waals surface area contributed by atoms with Gasteiger partial charge in [-0.25, -0.2) is 0 Å². The van der Waals surface area contributed by atoms with E-state index in [9.17, 15) is 0 Å². The molecule has 2 N–H and O–H groups in total. The Morgan fingerprint density at radius 2 is 1.74 bits per heavy atom. The SMILES string of the molecule is CN=C(NCc1ccc(C)cc1)NCC(c1ccccc1OC)N(C)C.I. The first-order valence-electron chi connectivity index (χ1n) is 8.84. The van der Waals surface area contributed by atoms with Crippen molar-refractivity contribution >= 4 is 29.9 Å². The van der Waals surface area contributed by atoms with Crippen LogP contribution in [-0.4, -0.2) is 45.7 Å². The van der Waals surface area contributed by atoms with Crippen LogP contribution in [0, 0.1) is 6.92 Å². The third-order valence-corrected chi connectivity index (χ3v) is 4.39. The third-order valence-electron chi connectivity index (χ3n) is 4.39. The zero-order valence-corrected chi connectivity index (χ0v) is 19.2. The lowest BCUT2D eigenvalue weighted by Gasteiger charge is -2.27. The fraction of sp³-hybridized carbons (Fsp3) is 0.381. The minimum Gasteiger partial charge on any atom is -0.496 e. The molecule has 5 nitrogen and oxygen atoms in total. The van der Waals surface area contributed by atoms with Gasteiger partial charge < -0.3 is 20.3 Å². The minimum absolute atomic E-state index is 0. The van der Waals surface area contributed by atoms with E-state index in [1.54, 1.807) is 14.2 Å². The summed E-state index contributed by atoms with van der Waals surface area (Å²) in [5, 5.41) is 6.79. The van der Waals surface area contributed by atoms with Crippen molar-refractivity contribution in [3.63, 3.8) is 0 Å². The average molecular weight is 482 g/mol. The van der Waals surface area contributed by atoms with Gasteiger partial charge in [-0.2, -0.15) is 0 Å². The molecule has 0 fully saturated rings. The highest BCUT2D eigenvalue weighted by atomic mass is 127. The van der Waals surface area contributed by atoms with Gasteiger partial charge in [-0.3, -0.25) is 4.99 Å². The highest BCUT2D eigenvalue weighted by Gasteiger charge is 2.18. The van der Waals surface area contributed by atoms with Gasteiger partial charge in [0.2, 0.25) is 0 Å². The van der Waals surface area contributed by atoms with Crippen molar-refractivity contribution in [3.8, 4) is 5.75 Å². The van der Waals surface area contributed by atoms with Gasteiger partial charge in [-0.05, 0) is 32.6 Å². The van der Waals surface area contributed by atoms with Crippen LogP contribution in [0.3, 0.4) is 0 Å². The molecular weight excluding hydrogens is 451 g/mol.